The Bertz CT molecular complexity index is 721. The molecule has 0 aliphatic carbocycles. The Kier molecular flexibility index (Phi) is 2.77. The molecular formula is C15H17N5. The Morgan fingerprint density at radius 3 is 2.90 bits per heavy atom. The summed E-state index contributed by atoms with van der Waals surface area (Å²) < 4.78 is 2.10. The molecular weight excluding hydrogens is 250 g/mol. The molecule has 1 aliphatic heterocycles. The normalized spacial score (nSPS) is 16.8. The van der Waals surface area contributed by atoms with E-state index in [9.17, 15) is 0 Å². The zero-order valence-electron chi connectivity index (χ0n) is 11.2. The Morgan fingerprint density at radius 2 is 2.00 bits per heavy atom. The first kappa shape index (κ1) is 11.7. The number of H-pyrrole nitrogens is 1. The SMILES string of the molecule is c1ccc2c(-c3cnn(C4CCNCC4)c3)n[nH]c2c1. The van der Waals surface area contributed by atoms with Crippen molar-refractivity contribution in [3.8, 4) is 11.3 Å². The summed E-state index contributed by atoms with van der Waals surface area (Å²) in [6, 6.07) is 8.70. The first-order chi connectivity index (χ1) is 9.92. The van der Waals surface area contributed by atoms with Crippen molar-refractivity contribution in [2.45, 2.75) is 18.9 Å². The molecule has 5 heteroatoms. The summed E-state index contributed by atoms with van der Waals surface area (Å²) in [4.78, 5) is 0. The molecule has 102 valence electrons. The van der Waals surface area contributed by atoms with E-state index in [1.807, 2.05) is 24.4 Å². The second-order valence-corrected chi connectivity index (χ2v) is 5.31. The van der Waals surface area contributed by atoms with Gasteiger partial charge in [-0.05, 0) is 32.0 Å². The number of benzene rings is 1. The smallest absolute Gasteiger partial charge is 0.103 e. The standard InChI is InChI=1S/C15H17N5/c1-2-4-14-13(3-1)15(19-18-14)11-9-17-20(10-11)12-5-7-16-8-6-12/h1-4,9-10,12,16H,5-8H2,(H,18,19). The molecule has 0 saturated carbocycles. The first-order valence-electron chi connectivity index (χ1n) is 7.10. The van der Waals surface area contributed by atoms with Gasteiger partial charge in [0.2, 0.25) is 0 Å². The second kappa shape index (κ2) is 4.76. The molecule has 0 amide bonds. The summed E-state index contributed by atoms with van der Waals surface area (Å²) in [6.07, 6.45) is 6.33. The van der Waals surface area contributed by atoms with Gasteiger partial charge in [0, 0.05) is 17.1 Å². The van der Waals surface area contributed by atoms with E-state index in [2.05, 4.69) is 37.6 Å². The molecule has 0 radical (unpaired) electrons. The van der Waals surface area contributed by atoms with E-state index in [0.29, 0.717) is 6.04 Å². The van der Waals surface area contributed by atoms with Crippen LogP contribution in [-0.2, 0) is 0 Å². The number of nitrogens with zero attached hydrogens (tertiary/aromatic N) is 3. The van der Waals surface area contributed by atoms with Gasteiger partial charge in [-0.15, -0.1) is 0 Å². The molecule has 0 atom stereocenters. The maximum Gasteiger partial charge on any atom is 0.103 e. The first-order valence-corrected chi connectivity index (χ1v) is 7.10. The minimum atomic E-state index is 0.509. The average Bonchev–Trinajstić information content (AvgIpc) is 3.14. The van der Waals surface area contributed by atoms with Gasteiger partial charge < -0.3 is 5.32 Å². The highest BCUT2D eigenvalue weighted by Gasteiger charge is 2.17. The largest absolute Gasteiger partial charge is 0.317 e. The van der Waals surface area contributed by atoms with E-state index in [0.717, 1.165) is 48.1 Å². The summed E-state index contributed by atoms with van der Waals surface area (Å²) in [5, 5.41) is 16.6. The van der Waals surface area contributed by atoms with Crippen molar-refractivity contribution in [3.05, 3.63) is 36.7 Å². The number of aromatic amines is 1. The van der Waals surface area contributed by atoms with Crippen molar-refractivity contribution in [2.75, 3.05) is 13.1 Å². The van der Waals surface area contributed by atoms with Gasteiger partial charge >= 0.3 is 0 Å². The fourth-order valence-electron chi connectivity index (χ4n) is 2.91. The lowest BCUT2D eigenvalue weighted by Crippen LogP contribution is -2.29. The van der Waals surface area contributed by atoms with E-state index >= 15 is 0 Å². The van der Waals surface area contributed by atoms with Crippen LogP contribution < -0.4 is 5.32 Å². The van der Waals surface area contributed by atoms with Crippen LogP contribution in [0.4, 0.5) is 0 Å². The molecule has 3 heterocycles. The molecule has 3 aromatic rings. The van der Waals surface area contributed by atoms with Gasteiger partial charge in [-0.1, -0.05) is 18.2 Å². The van der Waals surface area contributed by atoms with Crippen molar-refractivity contribution in [2.24, 2.45) is 0 Å². The Morgan fingerprint density at radius 1 is 1.15 bits per heavy atom. The molecule has 1 fully saturated rings. The summed E-state index contributed by atoms with van der Waals surface area (Å²) in [7, 11) is 0. The number of nitrogens with one attached hydrogen (secondary N) is 2. The zero-order chi connectivity index (χ0) is 13.4. The van der Waals surface area contributed by atoms with Gasteiger partial charge in [-0.3, -0.25) is 9.78 Å². The number of fused-ring (bicyclic) bond motifs is 1. The maximum absolute atomic E-state index is 4.54. The van der Waals surface area contributed by atoms with Gasteiger partial charge in [0.1, 0.15) is 5.69 Å². The second-order valence-electron chi connectivity index (χ2n) is 5.31. The van der Waals surface area contributed by atoms with Crippen molar-refractivity contribution in [3.63, 3.8) is 0 Å². The van der Waals surface area contributed by atoms with Crippen LogP contribution in [0.15, 0.2) is 36.7 Å². The minimum absolute atomic E-state index is 0.509. The molecule has 0 bridgehead atoms. The molecule has 5 nitrogen and oxygen atoms in total. The predicted molar refractivity (Wildman–Crippen MR) is 78.5 cm³/mol. The Balaban J connectivity index is 1.70. The monoisotopic (exact) mass is 267 g/mol. The highest BCUT2D eigenvalue weighted by Crippen LogP contribution is 2.27. The van der Waals surface area contributed by atoms with Crippen LogP contribution in [0.5, 0.6) is 0 Å². The number of aromatic nitrogens is 4. The number of rotatable bonds is 2. The van der Waals surface area contributed by atoms with Crippen molar-refractivity contribution < 1.29 is 0 Å². The zero-order valence-corrected chi connectivity index (χ0v) is 11.2. The summed E-state index contributed by atoms with van der Waals surface area (Å²) in [6.45, 7) is 2.15. The maximum atomic E-state index is 4.54. The third-order valence-corrected chi connectivity index (χ3v) is 4.03. The van der Waals surface area contributed by atoms with Crippen LogP contribution in [-0.4, -0.2) is 33.1 Å². The lowest BCUT2D eigenvalue weighted by atomic mass is 10.1. The molecule has 1 saturated heterocycles. The topological polar surface area (TPSA) is 58.5 Å². The van der Waals surface area contributed by atoms with Crippen molar-refractivity contribution in [1.29, 1.82) is 0 Å². The highest BCUT2D eigenvalue weighted by molar-refractivity contribution is 5.92. The van der Waals surface area contributed by atoms with Gasteiger partial charge in [-0.25, -0.2) is 0 Å². The molecule has 2 aromatic heterocycles. The number of para-hydroxylation sites is 1. The predicted octanol–water partition coefficient (Wildman–Crippen LogP) is 2.35. The van der Waals surface area contributed by atoms with Gasteiger partial charge in [0.15, 0.2) is 0 Å². The van der Waals surface area contributed by atoms with E-state index in [1.165, 1.54) is 0 Å². The van der Waals surface area contributed by atoms with Gasteiger partial charge in [0.05, 0.1) is 17.8 Å². The molecule has 0 spiro atoms. The Hall–Kier alpha value is -2.14. The minimum Gasteiger partial charge on any atom is -0.317 e. The lowest BCUT2D eigenvalue weighted by Gasteiger charge is -2.22. The van der Waals surface area contributed by atoms with E-state index in [-0.39, 0.29) is 0 Å². The third kappa shape index (κ3) is 1.91. The lowest BCUT2D eigenvalue weighted by molar-refractivity contribution is 0.343. The number of piperidine rings is 1. The summed E-state index contributed by atoms with van der Waals surface area (Å²) in [5.41, 5.74) is 3.14. The summed E-state index contributed by atoms with van der Waals surface area (Å²) in [5.74, 6) is 0. The van der Waals surface area contributed by atoms with Crippen LogP contribution in [0.25, 0.3) is 22.2 Å². The quantitative estimate of drug-likeness (QED) is 0.749. The molecule has 1 aromatic carbocycles. The van der Waals surface area contributed by atoms with E-state index in [1.54, 1.807) is 0 Å². The fraction of sp³-hybridized carbons (Fsp3) is 0.333. The van der Waals surface area contributed by atoms with Gasteiger partial charge in [0.25, 0.3) is 0 Å². The third-order valence-electron chi connectivity index (χ3n) is 4.03. The Labute approximate surface area is 117 Å². The molecule has 1 aliphatic rings. The average molecular weight is 267 g/mol. The molecule has 4 rings (SSSR count). The fourth-order valence-corrected chi connectivity index (χ4v) is 2.91. The molecule has 2 N–H and O–H groups in total. The number of hydrogen-bond acceptors (Lipinski definition) is 3. The van der Waals surface area contributed by atoms with E-state index < -0.39 is 0 Å². The van der Waals surface area contributed by atoms with Crippen LogP contribution in [0.3, 0.4) is 0 Å². The van der Waals surface area contributed by atoms with E-state index in [4.69, 9.17) is 0 Å². The van der Waals surface area contributed by atoms with Crippen LogP contribution in [0.1, 0.15) is 18.9 Å². The molecule has 20 heavy (non-hydrogen) atoms. The highest BCUT2D eigenvalue weighted by atomic mass is 15.3. The van der Waals surface area contributed by atoms with Gasteiger partial charge in [-0.2, -0.15) is 10.2 Å². The van der Waals surface area contributed by atoms with Crippen molar-refractivity contribution in [1.82, 2.24) is 25.3 Å². The van der Waals surface area contributed by atoms with Crippen LogP contribution in [0.2, 0.25) is 0 Å². The van der Waals surface area contributed by atoms with Crippen molar-refractivity contribution >= 4 is 10.9 Å². The molecule has 0 unspecified atom stereocenters. The number of hydrogen-bond donors (Lipinski definition) is 2. The van der Waals surface area contributed by atoms with Crippen LogP contribution in [0, 0.1) is 0 Å². The van der Waals surface area contributed by atoms with Crippen LogP contribution >= 0.6 is 0 Å². The summed E-state index contributed by atoms with van der Waals surface area (Å²) >= 11 is 0.